The third-order valence-electron chi connectivity index (χ3n) is 1.39. The Morgan fingerprint density at radius 1 is 1.50 bits per heavy atom. The van der Waals surface area contributed by atoms with Crippen LogP contribution >= 0.6 is 0 Å². The van der Waals surface area contributed by atoms with Gasteiger partial charge in [0, 0.05) is 10.8 Å². The van der Waals surface area contributed by atoms with Gasteiger partial charge in [-0.15, -0.1) is 0 Å². The topological polar surface area (TPSA) is 80.4 Å². The molecule has 0 heterocycles. The molecule has 0 aromatic rings. The predicted molar refractivity (Wildman–Crippen MR) is 38.3 cm³/mol. The third kappa shape index (κ3) is 7.32. The number of rotatable bonds is 5. The highest BCUT2D eigenvalue weighted by Gasteiger charge is 2.35. The summed E-state index contributed by atoms with van der Waals surface area (Å²) in [5.74, 6) is -2.97. The molecule has 5 nitrogen and oxygen atoms in total. The Balaban J connectivity index is 4.24. The largest absolute Gasteiger partial charge is 0.481 e. The maximum atomic E-state index is 11.8. The van der Waals surface area contributed by atoms with E-state index < -0.39 is 42.4 Å². The Bertz CT molecular complexity index is 212. The van der Waals surface area contributed by atoms with Crippen LogP contribution in [0.25, 0.3) is 0 Å². The van der Waals surface area contributed by atoms with Gasteiger partial charge in [0.15, 0.2) is 0 Å². The molecule has 0 radical (unpaired) electrons. The molecule has 82 valence electrons. The van der Waals surface area contributed by atoms with E-state index in [-0.39, 0.29) is 0 Å². The van der Waals surface area contributed by atoms with Crippen LogP contribution < -0.4 is 0 Å². The van der Waals surface area contributed by atoms with Crippen molar-refractivity contribution < 1.29 is 28.0 Å². The molecule has 0 spiro atoms. The number of carboxylic acids is 1. The van der Waals surface area contributed by atoms with Crippen molar-refractivity contribution in [1.82, 2.24) is 0 Å². The van der Waals surface area contributed by atoms with Crippen molar-refractivity contribution in [3.05, 3.63) is 10.1 Å². The molecule has 0 saturated carbocycles. The van der Waals surface area contributed by atoms with Gasteiger partial charge in [-0.2, -0.15) is 13.2 Å². The first-order valence-corrected chi connectivity index (χ1v) is 3.61. The summed E-state index contributed by atoms with van der Waals surface area (Å²) in [6.07, 6.45) is -6.86. The van der Waals surface area contributed by atoms with Crippen LogP contribution in [0.1, 0.15) is 12.8 Å². The van der Waals surface area contributed by atoms with Gasteiger partial charge in [-0.1, -0.05) is 0 Å². The molecule has 14 heavy (non-hydrogen) atoms. The highest BCUT2D eigenvalue weighted by molar-refractivity contribution is 5.67. The number of nitro groups is 1. The van der Waals surface area contributed by atoms with E-state index in [0.29, 0.717) is 0 Å². The molecular formula is C6H8F3NO4. The summed E-state index contributed by atoms with van der Waals surface area (Å²) >= 11 is 0. The Labute approximate surface area is 76.7 Å². The summed E-state index contributed by atoms with van der Waals surface area (Å²) in [6.45, 7) is -0.980. The number of carboxylic acid groups (broad SMARTS) is 1. The van der Waals surface area contributed by atoms with Gasteiger partial charge in [-0.3, -0.25) is 14.9 Å². The van der Waals surface area contributed by atoms with Gasteiger partial charge in [0.25, 0.3) is 0 Å². The van der Waals surface area contributed by atoms with Crippen molar-refractivity contribution in [1.29, 1.82) is 0 Å². The summed E-state index contributed by atoms with van der Waals surface area (Å²) < 4.78 is 35.4. The van der Waals surface area contributed by atoms with Crippen LogP contribution in [-0.4, -0.2) is 28.7 Å². The summed E-state index contributed by atoms with van der Waals surface area (Å²) in [5, 5.41) is 18.1. The Hall–Kier alpha value is -1.34. The summed E-state index contributed by atoms with van der Waals surface area (Å²) in [5.41, 5.74) is 0. The lowest BCUT2D eigenvalue weighted by Gasteiger charge is -2.12. The van der Waals surface area contributed by atoms with Gasteiger partial charge in [0.2, 0.25) is 6.54 Å². The Morgan fingerprint density at radius 2 is 2.00 bits per heavy atom. The molecule has 1 N–H and O–H groups in total. The van der Waals surface area contributed by atoms with Crippen molar-refractivity contribution >= 4 is 5.97 Å². The van der Waals surface area contributed by atoms with Crippen LogP contribution in [0.4, 0.5) is 13.2 Å². The molecule has 0 fully saturated rings. The number of halogens is 3. The van der Waals surface area contributed by atoms with Gasteiger partial charge in [-0.25, -0.2) is 0 Å². The first-order valence-electron chi connectivity index (χ1n) is 3.61. The maximum absolute atomic E-state index is 11.8. The quantitative estimate of drug-likeness (QED) is 0.553. The van der Waals surface area contributed by atoms with Gasteiger partial charge in [0.1, 0.15) is 0 Å². The number of nitrogens with zero attached hydrogens (tertiary/aromatic N) is 1. The minimum absolute atomic E-state index is 0.847. The van der Waals surface area contributed by atoms with E-state index in [9.17, 15) is 28.1 Å². The minimum atomic E-state index is -4.57. The van der Waals surface area contributed by atoms with E-state index in [4.69, 9.17) is 5.11 Å². The fraction of sp³-hybridized carbons (Fsp3) is 0.833. The lowest BCUT2D eigenvalue weighted by Crippen LogP contribution is -2.24. The molecule has 0 bridgehead atoms. The van der Waals surface area contributed by atoms with Gasteiger partial charge >= 0.3 is 12.1 Å². The van der Waals surface area contributed by atoms with Gasteiger partial charge in [0.05, 0.1) is 12.8 Å². The number of hydrogen-bond donors (Lipinski definition) is 1. The molecule has 0 saturated heterocycles. The van der Waals surface area contributed by atoms with Gasteiger partial charge < -0.3 is 5.11 Å². The average Bonchev–Trinajstić information content (AvgIpc) is 1.77. The summed E-state index contributed by atoms with van der Waals surface area (Å²) in [7, 11) is 0. The second-order valence-corrected chi connectivity index (χ2v) is 2.80. The van der Waals surface area contributed by atoms with E-state index in [1.54, 1.807) is 0 Å². The fourth-order valence-corrected chi connectivity index (χ4v) is 0.986. The van der Waals surface area contributed by atoms with E-state index in [0.717, 1.165) is 0 Å². The maximum Gasteiger partial charge on any atom is 0.389 e. The zero-order valence-electron chi connectivity index (χ0n) is 6.95. The van der Waals surface area contributed by atoms with Crippen molar-refractivity contribution in [2.24, 2.45) is 5.92 Å². The first-order chi connectivity index (χ1) is 6.20. The van der Waals surface area contributed by atoms with Crippen molar-refractivity contribution in [2.45, 2.75) is 19.0 Å². The molecule has 0 amide bonds. The van der Waals surface area contributed by atoms with Crippen molar-refractivity contribution in [3.8, 4) is 0 Å². The van der Waals surface area contributed by atoms with Crippen LogP contribution in [0.3, 0.4) is 0 Å². The number of aliphatic carboxylic acids is 1. The monoisotopic (exact) mass is 215 g/mol. The van der Waals surface area contributed by atoms with E-state index in [2.05, 4.69) is 0 Å². The van der Waals surface area contributed by atoms with Crippen LogP contribution in [-0.2, 0) is 4.79 Å². The molecule has 0 rings (SSSR count). The standard InChI is InChI=1S/C6H8F3NO4/c7-6(8,9)2-4(1-5(11)12)3-10(13)14/h4H,1-3H2,(H,11,12). The molecule has 0 aromatic heterocycles. The molecular weight excluding hydrogens is 207 g/mol. The molecule has 1 atom stereocenters. The molecule has 1 unspecified atom stereocenters. The minimum Gasteiger partial charge on any atom is -0.481 e. The summed E-state index contributed by atoms with van der Waals surface area (Å²) in [6, 6.07) is 0. The smallest absolute Gasteiger partial charge is 0.389 e. The lowest BCUT2D eigenvalue weighted by molar-refractivity contribution is -0.489. The number of hydrogen-bond acceptors (Lipinski definition) is 3. The number of carbonyl (C=O) groups is 1. The second kappa shape index (κ2) is 4.77. The zero-order valence-corrected chi connectivity index (χ0v) is 6.95. The average molecular weight is 215 g/mol. The predicted octanol–water partition coefficient (Wildman–Crippen LogP) is 1.31. The highest BCUT2D eigenvalue weighted by Crippen LogP contribution is 2.26. The van der Waals surface area contributed by atoms with Crippen LogP contribution in [0.5, 0.6) is 0 Å². The molecule has 0 aliphatic rings. The molecule has 0 aromatic carbocycles. The third-order valence-corrected chi connectivity index (χ3v) is 1.39. The van der Waals surface area contributed by atoms with Gasteiger partial charge in [-0.05, 0) is 0 Å². The number of alkyl halides is 3. The van der Waals surface area contributed by atoms with Crippen molar-refractivity contribution in [3.63, 3.8) is 0 Å². The lowest BCUT2D eigenvalue weighted by atomic mass is 10.0. The van der Waals surface area contributed by atoms with E-state index >= 15 is 0 Å². The first kappa shape index (κ1) is 12.7. The second-order valence-electron chi connectivity index (χ2n) is 2.80. The van der Waals surface area contributed by atoms with Crippen LogP contribution in [0.15, 0.2) is 0 Å². The Kier molecular flexibility index (Phi) is 4.32. The molecule has 8 heteroatoms. The summed E-state index contributed by atoms with van der Waals surface area (Å²) in [4.78, 5) is 19.1. The Morgan fingerprint density at radius 3 is 2.29 bits per heavy atom. The molecule has 0 aliphatic carbocycles. The van der Waals surface area contributed by atoms with Crippen LogP contribution in [0, 0.1) is 16.0 Å². The zero-order chi connectivity index (χ0) is 11.4. The highest BCUT2D eigenvalue weighted by atomic mass is 19.4. The van der Waals surface area contributed by atoms with Crippen molar-refractivity contribution in [2.75, 3.05) is 6.54 Å². The van der Waals surface area contributed by atoms with Crippen LogP contribution in [0.2, 0.25) is 0 Å². The van der Waals surface area contributed by atoms with E-state index in [1.807, 2.05) is 0 Å². The SMILES string of the molecule is O=C(O)CC(C[N+](=O)[O-])CC(F)(F)F. The fourth-order valence-electron chi connectivity index (χ4n) is 0.986. The normalized spacial score (nSPS) is 13.6. The molecule has 0 aliphatic heterocycles. The van der Waals surface area contributed by atoms with E-state index in [1.165, 1.54) is 0 Å².